The van der Waals surface area contributed by atoms with Gasteiger partial charge in [0.05, 0.1) is 0 Å². The molecule has 0 radical (unpaired) electrons. The maximum atomic E-state index is 6.16. The number of piperidine rings is 1. The molecule has 2 nitrogen and oxygen atoms in total. The highest BCUT2D eigenvalue weighted by Gasteiger charge is 2.30. The number of nitrogens with zero attached hydrogens (tertiary/aromatic N) is 1. The van der Waals surface area contributed by atoms with Crippen molar-refractivity contribution < 1.29 is 0 Å². The summed E-state index contributed by atoms with van der Waals surface area (Å²) in [6, 6.07) is 9.92. The van der Waals surface area contributed by atoms with Crippen LogP contribution in [0, 0.1) is 5.92 Å². The van der Waals surface area contributed by atoms with Crippen LogP contribution in [0.2, 0.25) is 0 Å². The summed E-state index contributed by atoms with van der Waals surface area (Å²) in [6.45, 7) is 12.4. The first kappa shape index (κ1) is 14.4. The van der Waals surface area contributed by atoms with Gasteiger partial charge in [-0.3, -0.25) is 0 Å². The molecule has 3 atom stereocenters. The molecule has 1 aromatic carbocycles. The zero-order valence-corrected chi connectivity index (χ0v) is 13.0. The zero-order valence-electron chi connectivity index (χ0n) is 13.0. The molecule has 2 rings (SSSR count). The molecule has 0 amide bonds. The Bertz CT molecular complexity index is 416. The average molecular weight is 260 g/mol. The lowest BCUT2D eigenvalue weighted by atomic mass is 9.85. The zero-order chi connectivity index (χ0) is 14.2. The van der Waals surface area contributed by atoms with Gasteiger partial charge in [-0.2, -0.15) is 0 Å². The molecule has 0 bridgehead atoms. The number of benzene rings is 1. The van der Waals surface area contributed by atoms with Crippen LogP contribution in [0.4, 0.5) is 5.69 Å². The summed E-state index contributed by atoms with van der Waals surface area (Å²) in [5.41, 5.74) is 9.11. The average Bonchev–Trinajstić information content (AvgIpc) is 2.35. The minimum Gasteiger partial charge on any atom is -0.368 e. The number of hydrogen-bond donors (Lipinski definition) is 1. The molecule has 19 heavy (non-hydrogen) atoms. The minimum atomic E-state index is 0.224. The Labute approximate surface area is 118 Å². The van der Waals surface area contributed by atoms with E-state index < -0.39 is 0 Å². The van der Waals surface area contributed by atoms with Crippen LogP contribution in [0.5, 0.6) is 0 Å². The Balaban J connectivity index is 2.19. The van der Waals surface area contributed by atoms with Crippen molar-refractivity contribution in [2.75, 3.05) is 11.4 Å². The molecule has 1 heterocycles. The largest absolute Gasteiger partial charge is 0.368 e. The van der Waals surface area contributed by atoms with Crippen LogP contribution in [0.25, 0.3) is 0 Å². The van der Waals surface area contributed by atoms with Crippen molar-refractivity contribution >= 4 is 5.69 Å². The van der Waals surface area contributed by atoms with Crippen molar-refractivity contribution in [2.45, 2.75) is 58.5 Å². The quantitative estimate of drug-likeness (QED) is 0.836. The lowest BCUT2D eigenvalue weighted by Gasteiger charge is -2.43. The Morgan fingerprint density at radius 3 is 2.21 bits per heavy atom. The van der Waals surface area contributed by atoms with Crippen LogP contribution in [0.3, 0.4) is 0 Å². The molecule has 1 aliphatic heterocycles. The van der Waals surface area contributed by atoms with E-state index in [9.17, 15) is 0 Å². The second-order valence-electron chi connectivity index (χ2n) is 7.04. The van der Waals surface area contributed by atoms with Gasteiger partial charge in [-0.15, -0.1) is 0 Å². The van der Waals surface area contributed by atoms with Gasteiger partial charge in [0.25, 0.3) is 0 Å². The molecule has 0 aromatic heterocycles. The third-order valence-corrected chi connectivity index (χ3v) is 4.70. The smallest absolute Gasteiger partial charge is 0.0368 e. The maximum absolute atomic E-state index is 6.16. The third kappa shape index (κ3) is 2.94. The Kier molecular flexibility index (Phi) is 3.91. The Hall–Kier alpha value is -1.02. The lowest BCUT2D eigenvalue weighted by Crippen LogP contribution is -2.51. The monoisotopic (exact) mass is 260 g/mol. The van der Waals surface area contributed by atoms with Gasteiger partial charge in [0.1, 0.15) is 0 Å². The molecule has 2 heteroatoms. The first-order valence-electron chi connectivity index (χ1n) is 7.43. The van der Waals surface area contributed by atoms with Crippen molar-refractivity contribution in [3.8, 4) is 0 Å². The van der Waals surface area contributed by atoms with Gasteiger partial charge >= 0.3 is 0 Å². The molecule has 106 valence electrons. The van der Waals surface area contributed by atoms with Crippen molar-refractivity contribution in [1.82, 2.24) is 0 Å². The van der Waals surface area contributed by atoms with Gasteiger partial charge in [-0.25, -0.2) is 0 Å². The van der Waals surface area contributed by atoms with Gasteiger partial charge in [0.15, 0.2) is 0 Å². The lowest BCUT2D eigenvalue weighted by molar-refractivity contribution is 0.315. The van der Waals surface area contributed by atoms with E-state index in [1.54, 1.807) is 0 Å². The summed E-state index contributed by atoms with van der Waals surface area (Å²) in [4.78, 5) is 2.50. The van der Waals surface area contributed by atoms with Crippen molar-refractivity contribution in [3.05, 3.63) is 29.8 Å². The van der Waals surface area contributed by atoms with E-state index in [1.807, 2.05) is 0 Å². The summed E-state index contributed by atoms with van der Waals surface area (Å²) in [5.74, 6) is 0.552. The van der Waals surface area contributed by atoms with Gasteiger partial charge < -0.3 is 10.6 Å². The Morgan fingerprint density at radius 1 is 1.11 bits per heavy atom. The molecular formula is C17H28N2. The SMILES string of the molecule is CC1C(N)CCN(c2ccc(C(C)(C)C)cc2)C1C. The normalized spacial score (nSPS) is 28.5. The van der Waals surface area contributed by atoms with E-state index in [2.05, 4.69) is 63.8 Å². The topological polar surface area (TPSA) is 29.3 Å². The standard InChI is InChI=1S/C17H28N2/c1-12-13(2)19(11-10-16(12)18)15-8-6-14(7-9-15)17(3,4)5/h6-9,12-13,16H,10-11,18H2,1-5H3. The van der Waals surface area contributed by atoms with E-state index >= 15 is 0 Å². The summed E-state index contributed by atoms with van der Waals surface area (Å²) < 4.78 is 0. The van der Waals surface area contributed by atoms with Crippen LogP contribution in [0.15, 0.2) is 24.3 Å². The molecule has 3 unspecified atom stereocenters. The maximum Gasteiger partial charge on any atom is 0.0368 e. The predicted octanol–water partition coefficient (Wildman–Crippen LogP) is 3.55. The predicted molar refractivity (Wildman–Crippen MR) is 83.7 cm³/mol. The van der Waals surface area contributed by atoms with Gasteiger partial charge in [0.2, 0.25) is 0 Å². The second kappa shape index (κ2) is 5.16. The minimum absolute atomic E-state index is 0.224. The van der Waals surface area contributed by atoms with Crippen molar-refractivity contribution in [2.24, 2.45) is 11.7 Å². The highest BCUT2D eigenvalue weighted by atomic mass is 15.2. The Morgan fingerprint density at radius 2 is 1.68 bits per heavy atom. The molecule has 0 spiro atoms. The molecule has 2 N–H and O–H groups in total. The van der Waals surface area contributed by atoms with E-state index in [1.165, 1.54) is 11.3 Å². The summed E-state index contributed by atoms with van der Waals surface area (Å²) in [7, 11) is 0. The number of hydrogen-bond acceptors (Lipinski definition) is 2. The van der Waals surface area contributed by atoms with Crippen LogP contribution in [-0.4, -0.2) is 18.6 Å². The van der Waals surface area contributed by atoms with Crippen molar-refractivity contribution in [3.63, 3.8) is 0 Å². The van der Waals surface area contributed by atoms with Crippen LogP contribution in [-0.2, 0) is 5.41 Å². The molecule has 0 saturated carbocycles. The molecule has 1 aromatic rings. The first-order chi connectivity index (χ1) is 8.80. The van der Waals surface area contributed by atoms with E-state index in [-0.39, 0.29) is 5.41 Å². The third-order valence-electron chi connectivity index (χ3n) is 4.70. The van der Waals surface area contributed by atoms with Gasteiger partial charge in [0, 0.05) is 24.3 Å². The van der Waals surface area contributed by atoms with E-state index in [4.69, 9.17) is 5.73 Å². The number of rotatable bonds is 1. The van der Waals surface area contributed by atoms with Crippen LogP contribution < -0.4 is 10.6 Å². The summed E-state index contributed by atoms with van der Waals surface area (Å²) in [6.07, 6.45) is 1.09. The van der Waals surface area contributed by atoms with E-state index in [0.717, 1.165) is 13.0 Å². The van der Waals surface area contributed by atoms with Gasteiger partial charge in [-0.1, -0.05) is 39.8 Å². The van der Waals surface area contributed by atoms with Gasteiger partial charge in [-0.05, 0) is 42.4 Å². The van der Waals surface area contributed by atoms with E-state index in [0.29, 0.717) is 18.0 Å². The summed E-state index contributed by atoms with van der Waals surface area (Å²) >= 11 is 0. The molecular weight excluding hydrogens is 232 g/mol. The fourth-order valence-electron chi connectivity index (χ4n) is 2.91. The van der Waals surface area contributed by atoms with Crippen LogP contribution in [0.1, 0.15) is 46.6 Å². The first-order valence-corrected chi connectivity index (χ1v) is 7.43. The highest BCUT2D eigenvalue weighted by Crippen LogP contribution is 2.30. The second-order valence-corrected chi connectivity index (χ2v) is 7.04. The molecule has 0 aliphatic carbocycles. The highest BCUT2D eigenvalue weighted by molar-refractivity contribution is 5.50. The van der Waals surface area contributed by atoms with Crippen molar-refractivity contribution in [1.29, 1.82) is 0 Å². The van der Waals surface area contributed by atoms with Crippen LogP contribution >= 0.6 is 0 Å². The number of anilines is 1. The number of nitrogens with two attached hydrogens (primary N) is 1. The summed E-state index contributed by atoms with van der Waals surface area (Å²) in [5, 5.41) is 0. The fraction of sp³-hybridized carbons (Fsp3) is 0.647. The fourth-order valence-corrected chi connectivity index (χ4v) is 2.91. The molecule has 1 aliphatic rings. The molecule has 1 saturated heterocycles. The molecule has 1 fully saturated rings.